The molecule has 0 radical (unpaired) electrons. The van der Waals surface area contributed by atoms with Crippen LogP contribution < -0.4 is 15.5 Å². The fourth-order valence-electron chi connectivity index (χ4n) is 2.48. The fourth-order valence-corrected chi connectivity index (χ4v) is 2.48. The lowest BCUT2D eigenvalue weighted by molar-refractivity contribution is 0.117. The van der Waals surface area contributed by atoms with Crippen molar-refractivity contribution in [2.75, 3.05) is 44.7 Å². The van der Waals surface area contributed by atoms with Gasteiger partial charge in [-0.15, -0.1) is 0 Å². The topological polar surface area (TPSA) is 48.9 Å². The Morgan fingerprint density at radius 3 is 2.82 bits per heavy atom. The first kappa shape index (κ1) is 16.6. The lowest BCUT2D eigenvalue weighted by Crippen LogP contribution is -2.41. The molecule has 2 N–H and O–H groups in total. The highest BCUT2D eigenvalue weighted by Gasteiger charge is 2.14. The predicted octanol–water partition coefficient (Wildman–Crippen LogP) is 1.86. The van der Waals surface area contributed by atoms with E-state index in [1.54, 1.807) is 0 Å². The maximum atomic E-state index is 5.61. The molecular formula is C17H28N4O. The van der Waals surface area contributed by atoms with E-state index in [4.69, 9.17) is 4.74 Å². The Morgan fingerprint density at radius 2 is 2.14 bits per heavy atom. The van der Waals surface area contributed by atoms with Crippen LogP contribution in [0.3, 0.4) is 0 Å². The number of nitrogens with zero attached hydrogens (tertiary/aromatic N) is 2. The maximum absolute atomic E-state index is 5.61. The molecule has 22 heavy (non-hydrogen) atoms. The summed E-state index contributed by atoms with van der Waals surface area (Å²) in [6, 6.07) is 10.4. The van der Waals surface area contributed by atoms with Crippen molar-refractivity contribution in [1.29, 1.82) is 0 Å². The zero-order chi connectivity index (χ0) is 15.6. The number of para-hydroxylation sites is 1. The number of rotatable bonds is 7. The van der Waals surface area contributed by atoms with Crippen LogP contribution in [0.25, 0.3) is 0 Å². The summed E-state index contributed by atoms with van der Waals surface area (Å²) in [5.41, 5.74) is 1.23. The molecule has 0 spiro atoms. The molecule has 122 valence electrons. The molecule has 1 aromatic rings. The summed E-state index contributed by atoms with van der Waals surface area (Å²) in [5.74, 6) is 0.875. The van der Waals surface area contributed by atoms with Gasteiger partial charge in [0.05, 0.1) is 12.6 Å². The molecule has 0 bridgehead atoms. The summed E-state index contributed by atoms with van der Waals surface area (Å²) in [6.07, 6.45) is 2.58. The van der Waals surface area contributed by atoms with Crippen molar-refractivity contribution in [3.8, 4) is 0 Å². The molecule has 1 heterocycles. The highest BCUT2D eigenvalue weighted by Crippen LogP contribution is 2.12. The minimum atomic E-state index is 0.294. The maximum Gasteiger partial charge on any atom is 0.191 e. The van der Waals surface area contributed by atoms with E-state index in [2.05, 4.69) is 58.8 Å². The van der Waals surface area contributed by atoms with Gasteiger partial charge in [0.15, 0.2) is 5.96 Å². The predicted molar refractivity (Wildman–Crippen MR) is 92.7 cm³/mol. The van der Waals surface area contributed by atoms with Gasteiger partial charge in [0.1, 0.15) is 0 Å². The van der Waals surface area contributed by atoms with Crippen LogP contribution in [0.4, 0.5) is 5.69 Å². The second-order valence-corrected chi connectivity index (χ2v) is 5.54. The molecule has 0 aliphatic carbocycles. The minimum absolute atomic E-state index is 0.294. The van der Waals surface area contributed by atoms with Crippen LogP contribution in [0, 0.1) is 0 Å². The molecule has 1 aromatic carbocycles. The van der Waals surface area contributed by atoms with E-state index in [-0.39, 0.29) is 0 Å². The Balaban J connectivity index is 1.74. The van der Waals surface area contributed by atoms with Gasteiger partial charge in [0.2, 0.25) is 0 Å². The number of hydrogen-bond donors (Lipinski definition) is 2. The number of anilines is 1. The number of guanidine groups is 1. The van der Waals surface area contributed by atoms with Crippen LogP contribution in [0.2, 0.25) is 0 Å². The largest absolute Gasteiger partial charge is 0.376 e. The standard InChI is InChI=1S/C17H28N4O/c1-3-18-17(20-14-16-10-7-13-22-16)19-11-12-21(2)15-8-5-4-6-9-15/h4-6,8-9,16H,3,7,10-14H2,1-2H3,(H2,18,19,20). The van der Waals surface area contributed by atoms with Crippen molar-refractivity contribution in [2.24, 2.45) is 4.99 Å². The zero-order valence-corrected chi connectivity index (χ0v) is 13.7. The number of ether oxygens (including phenoxy) is 1. The summed E-state index contributed by atoms with van der Waals surface area (Å²) >= 11 is 0. The molecule has 1 aliphatic heterocycles. The van der Waals surface area contributed by atoms with Crippen LogP contribution in [-0.4, -0.2) is 51.9 Å². The zero-order valence-electron chi connectivity index (χ0n) is 13.7. The molecule has 1 aliphatic rings. The third-order valence-corrected chi connectivity index (χ3v) is 3.76. The summed E-state index contributed by atoms with van der Waals surface area (Å²) in [5, 5.41) is 6.67. The molecular weight excluding hydrogens is 276 g/mol. The minimum Gasteiger partial charge on any atom is -0.376 e. The van der Waals surface area contributed by atoms with Gasteiger partial charge in [-0.05, 0) is 31.9 Å². The van der Waals surface area contributed by atoms with Crippen molar-refractivity contribution in [2.45, 2.75) is 25.9 Å². The Bertz CT molecular complexity index is 443. The molecule has 2 rings (SSSR count). The Morgan fingerprint density at radius 1 is 1.32 bits per heavy atom. The fraction of sp³-hybridized carbons (Fsp3) is 0.588. The summed E-state index contributed by atoms with van der Waals surface area (Å²) in [4.78, 5) is 6.85. The highest BCUT2D eigenvalue weighted by molar-refractivity contribution is 5.79. The van der Waals surface area contributed by atoms with E-state index in [1.165, 1.54) is 5.69 Å². The van der Waals surface area contributed by atoms with Crippen molar-refractivity contribution in [1.82, 2.24) is 10.6 Å². The smallest absolute Gasteiger partial charge is 0.191 e. The van der Waals surface area contributed by atoms with E-state index >= 15 is 0 Å². The van der Waals surface area contributed by atoms with Gasteiger partial charge in [0, 0.05) is 39.0 Å². The SMILES string of the molecule is CCNC(=NCC1CCCO1)NCCN(C)c1ccccc1. The molecule has 0 amide bonds. The van der Waals surface area contributed by atoms with E-state index < -0.39 is 0 Å². The van der Waals surface area contributed by atoms with Gasteiger partial charge < -0.3 is 20.3 Å². The number of aliphatic imine (C=N–C) groups is 1. The van der Waals surface area contributed by atoms with Crippen molar-refractivity contribution in [3.63, 3.8) is 0 Å². The van der Waals surface area contributed by atoms with Gasteiger partial charge >= 0.3 is 0 Å². The first-order valence-electron chi connectivity index (χ1n) is 8.19. The second-order valence-electron chi connectivity index (χ2n) is 5.54. The lowest BCUT2D eigenvalue weighted by atomic mass is 10.2. The van der Waals surface area contributed by atoms with E-state index in [1.807, 2.05) is 6.07 Å². The third-order valence-electron chi connectivity index (χ3n) is 3.76. The highest BCUT2D eigenvalue weighted by atomic mass is 16.5. The second kappa shape index (κ2) is 9.30. The van der Waals surface area contributed by atoms with Crippen molar-refractivity contribution < 1.29 is 4.74 Å². The van der Waals surface area contributed by atoms with Gasteiger partial charge in [0.25, 0.3) is 0 Å². The van der Waals surface area contributed by atoms with E-state index in [9.17, 15) is 0 Å². The van der Waals surface area contributed by atoms with Gasteiger partial charge in [-0.1, -0.05) is 18.2 Å². The summed E-state index contributed by atoms with van der Waals surface area (Å²) < 4.78 is 5.61. The number of hydrogen-bond acceptors (Lipinski definition) is 3. The van der Waals surface area contributed by atoms with E-state index in [0.29, 0.717) is 6.10 Å². The average Bonchev–Trinajstić information content (AvgIpc) is 3.06. The van der Waals surface area contributed by atoms with Crippen LogP contribution >= 0.6 is 0 Å². The summed E-state index contributed by atoms with van der Waals surface area (Å²) in [7, 11) is 2.10. The third kappa shape index (κ3) is 5.56. The normalized spacial score (nSPS) is 18.3. The Labute approximate surface area is 133 Å². The molecule has 1 saturated heterocycles. The molecule has 1 unspecified atom stereocenters. The monoisotopic (exact) mass is 304 g/mol. The molecule has 5 heteroatoms. The molecule has 0 aromatic heterocycles. The average molecular weight is 304 g/mol. The first-order valence-corrected chi connectivity index (χ1v) is 8.19. The molecule has 1 atom stereocenters. The van der Waals surface area contributed by atoms with Crippen LogP contribution in [0.15, 0.2) is 35.3 Å². The number of benzene rings is 1. The van der Waals surface area contributed by atoms with Gasteiger partial charge in [-0.3, -0.25) is 4.99 Å². The van der Waals surface area contributed by atoms with Gasteiger partial charge in [-0.25, -0.2) is 0 Å². The summed E-state index contributed by atoms with van der Waals surface area (Å²) in [6.45, 7) is 6.35. The number of nitrogens with one attached hydrogen (secondary N) is 2. The molecule has 5 nitrogen and oxygen atoms in total. The van der Waals surface area contributed by atoms with Crippen LogP contribution in [-0.2, 0) is 4.74 Å². The van der Waals surface area contributed by atoms with Crippen LogP contribution in [0.5, 0.6) is 0 Å². The molecule has 1 fully saturated rings. The van der Waals surface area contributed by atoms with Gasteiger partial charge in [-0.2, -0.15) is 0 Å². The van der Waals surface area contributed by atoms with Crippen molar-refractivity contribution in [3.05, 3.63) is 30.3 Å². The van der Waals surface area contributed by atoms with Crippen LogP contribution in [0.1, 0.15) is 19.8 Å². The lowest BCUT2D eigenvalue weighted by Gasteiger charge is -2.20. The Hall–Kier alpha value is -1.75. The van der Waals surface area contributed by atoms with Crippen molar-refractivity contribution >= 4 is 11.6 Å². The Kier molecular flexibility index (Phi) is 7.03. The first-order chi connectivity index (χ1) is 10.8. The number of likely N-dealkylation sites (N-methyl/N-ethyl adjacent to an activating group) is 1. The van der Waals surface area contributed by atoms with E-state index in [0.717, 1.165) is 51.6 Å². The molecule has 0 saturated carbocycles. The quantitative estimate of drug-likeness (QED) is 0.596.